The molecule has 1 aromatic heterocycles. The van der Waals surface area contributed by atoms with Crippen molar-refractivity contribution in [3.05, 3.63) is 11.9 Å². The maximum absolute atomic E-state index is 12.4. The summed E-state index contributed by atoms with van der Waals surface area (Å²) in [5, 5.41) is 2.98. The molecule has 0 saturated heterocycles. The highest BCUT2D eigenvalue weighted by Gasteiger charge is 2.36. The minimum Gasteiger partial charge on any atom is -0.382 e. The lowest BCUT2D eigenvalue weighted by atomic mass is 9.88. The quantitative estimate of drug-likeness (QED) is 0.860. The minimum atomic E-state index is -4.58. The molecule has 1 heterocycles. The molecular formula is C11H17F3N4. The van der Waals surface area contributed by atoms with Crippen LogP contribution in [0.25, 0.3) is 0 Å². The number of aromatic nitrogens is 2. The molecule has 0 aliphatic carbocycles. The molecule has 0 unspecified atom stereocenters. The van der Waals surface area contributed by atoms with Crippen molar-refractivity contribution >= 4 is 11.6 Å². The van der Waals surface area contributed by atoms with Gasteiger partial charge in [0.05, 0.1) is 6.20 Å². The molecule has 1 rings (SSSR count). The van der Waals surface area contributed by atoms with Gasteiger partial charge in [0.1, 0.15) is 5.82 Å². The molecule has 4 nitrogen and oxygen atoms in total. The summed E-state index contributed by atoms with van der Waals surface area (Å²) in [5.41, 5.74) is 4.05. The van der Waals surface area contributed by atoms with Crippen LogP contribution in [0, 0.1) is 5.41 Å². The Labute approximate surface area is 104 Å². The lowest BCUT2D eigenvalue weighted by Gasteiger charge is -2.28. The molecule has 7 heteroatoms. The summed E-state index contributed by atoms with van der Waals surface area (Å²) in [5.74, 6) is -0.378. The molecule has 0 aromatic carbocycles. The van der Waals surface area contributed by atoms with Gasteiger partial charge in [-0.2, -0.15) is 13.2 Å². The van der Waals surface area contributed by atoms with Crippen molar-refractivity contribution in [3.63, 3.8) is 0 Å². The lowest BCUT2D eigenvalue weighted by molar-refractivity contribution is -0.140. The molecule has 0 fully saturated rings. The van der Waals surface area contributed by atoms with Gasteiger partial charge in [-0.25, -0.2) is 9.97 Å². The van der Waals surface area contributed by atoms with E-state index in [9.17, 15) is 13.2 Å². The number of rotatable bonds is 2. The molecule has 3 N–H and O–H groups in total. The van der Waals surface area contributed by atoms with Crippen LogP contribution in [0.15, 0.2) is 6.20 Å². The molecule has 0 bridgehead atoms. The molecule has 0 saturated carbocycles. The highest BCUT2D eigenvalue weighted by Crippen LogP contribution is 2.31. The van der Waals surface area contributed by atoms with Crippen molar-refractivity contribution in [3.8, 4) is 0 Å². The van der Waals surface area contributed by atoms with Gasteiger partial charge >= 0.3 is 6.18 Å². The van der Waals surface area contributed by atoms with Gasteiger partial charge in [0, 0.05) is 6.04 Å². The smallest absolute Gasteiger partial charge is 0.382 e. The van der Waals surface area contributed by atoms with E-state index < -0.39 is 17.7 Å². The first-order chi connectivity index (χ1) is 8.01. The van der Waals surface area contributed by atoms with Crippen LogP contribution >= 0.6 is 0 Å². The first-order valence-corrected chi connectivity index (χ1v) is 5.48. The monoisotopic (exact) mass is 262 g/mol. The molecule has 0 aliphatic heterocycles. The molecule has 1 aromatic rings. The second kappa shape index (κ2) is 4.62. The lowest BCUT2D eigenvalue weighted by Crippen LogP contribution is -2.31. The van der Waals surface area contributed by atoms with Crippen molar-refractivity contribution in [2.45, 2.75) is 39.9 Å². The Kier molecular flexibility index (Phi) is 3.73. The van der Waals surface area contributed by atoms with E-state index in [1.807, 2.05) is 27.7 Å². The fourth-order valence-electron chi connectivity index (χ4n) is 1.13. The fraction of sp³-hybridized carbons (Fsp3) is 0.636. The number of hydrogen-bond donors (Lipinski definition) is 2. The maximum atomic E-state index is 12.4. The van der Waals surface area contributed by atoms with E-state index in [1.54, 1.807) is 0 Å². The Morgan fingerprint density at radius 1 is 1.28 bits per heavy atom. The number of alkyl halides is 3. The average molecular weight is 262 g/mol. The van der Waals surface area contributed by atoms with Gasteiger partial charge in [-0.15, -0.1) is 0 Å². The van der Waals surface area contributed by atoms with E-state index in [4.69, 9.17) is 5.73 Å². The summed E-state index contributed by atoms with van der Waals surface area (Å²) in [4.78, 5) is 6.99. The Balaban J connectivity index is 2.93. The largest absolute Gasteiger partial charge is 0.437 e. The van der Waals surface area contributed by atoms with E-state index in [1.165, 1.54) is 0 Å². The predicted octanol–water partition coefficient (Wildman–Crippen LogP) is 2.92. The normalized spacial score (nSPS) is 14.4. The number of nitrogens with zero attached hydrogens (tertiary/aromatic N) is 2. The zero-order chi connectivity index (χ0) is 14.1. The number of nitrogens with one attached hydrogen (secondary N) is 1. The van der Waals surface area contributed by atoms with Crippen molar-refractivity contribution in [2.24, 2.45) is 5.41 Å². The third-order valence-corrected chi connectivity index (χ3v) is 2.73. The second-order valence-electron chi connectivity index (χ2n) is 5.22. The molecule has 0 aliphatic rings. The van der Waals surface area contributed by atoms with Crippen molar-refractivity contribution < 1.29 is 13.2 Å². The van der Waals surface area contributed by atoms with Crippen molar-refractivity contribution in [1.82, 2.24) is 9.97 Å². The second-order valence-corrected chi connectivity index (χ2v) is 5.22. The van der Waals surface area contributed by atoms with Crippen molar-refractivity contribution in [1.29, 1.82) is 0 Å². The standard InChI is InChI=1S/C11H17F3N4/c1-6(10(2,3)4)17-7-5-16-8(9(15)18-7)11(12,13)14/h5-6H,1-4H3,(H3,15,17,18)/t6-/m0/s1. The summed E-state index contributed by atoms with van der Waals surface area (Å²) < 4.78 is 37.3. The van der Waals surface area contributed by atoms with E-state index in [-0.39, 0.29) is 17.3 Å². The van der Waals surface area contributed by atoms with Gasteiger partial charge in [0.25, 0.3) is 0 Å². The van der Waals surface area contributed by atoms with Crippen LogP contribution in [-0.4, -0.2) is 16.0 Å². The summed E-state index contributed by atoms with van der Waals surface area (Å²) >= 11 is 0. The minimum absolute atomic E-state index is 0.0166. The van der Waals surface area contributed by atoms with Crippen LogP contribution in [0.1, 0.15) is 33.4 Å². The van der Waals surface area contributed by atoms with E-state index in [0.717, 1.165) is 6.20 Å². The maximum Gasteiger partial charge on any atom is 0.437 e. The first-order valence-electron chi connectivity index (χ1n) is 5.48. The van der Waals surface area contributed by atoms with Gasteiger partial charge in [-0.3, -0.25) is 0 Å². The van der Waals surface area contributed by atoms with Gasteiger partial charge in [0.15, 0.2) is 11.5 Å². The average Bonchev–Trinajstić information content (AvgIpc) is 2.13. The zero-order valence-corrected chi connectivity index (χ0v) is 10.8. The number of anilines is 2. The molecule has 0 amide bonds. The third kappa shape index (κ3) is 3.48. The first kappa shape index (κ1) is 14.5. The predicted molar refractivity (Wildman–Crippen MR) is 64.0 cm³/mol. The Morgan fingerprint density at radius 3 is 2.22 bits per heavy atom. The molecule has 0 spiro atoms. The van der Waals surface area contributed by atoms with Gasteiger partial charge in [-0.05, 0) is 12.3 Å². The Morgan fingerprint density at radius 2 is 1.83 bits per heavy atom. The highest BCUT2D eigenvalue weighted by molar-refractivity contribution is 5.45. The number of nitrogens with two attached hydrogens (primary N) is 1. The molecule has 18 heavy (non-hydrogen) atoms. The zero-order valence-electron chi connectivity index (χ0n) is 10.8. The van der Waals surface area contributed by atoms with Crippen LogP contribution < -0.4 is 11.1 Å². The molecule has 0 radical (unpaired) electrons. The number of nitrogen functional groups attached to an aromatic ring is 1. The number of halogens is 3. The SMILES string of the molecule is C[C@H](Nc1cnc(C(F)(F)F)c(N)n1)C(C)(C)C. The van der Waals surface area contributed by atoms with Gasteiger partial charge in [-0.1, -0.05) is 20.8 Å². The topological polar surface area (TPSA) is 63.8 Å². The summed E-state index contributed by atoms with van der Waals surface area (Å²) in [6.45, 7) is 7.93. The molecular weight excluding hydrogens is 245 g/mol. The van der Waals surface area contributed by atoms with Crippen LogP contribution in [0.3, 0.4) is 0 Å². The van der Waals surface area contributed by atoms with Crippen LogP contribution in [-0.2, 0) is 6.18 Å². The van der Waals surface area contributed by atoms with Crippen LogP contribution in [0.2, 0.25) is 0 Å². The summed E-state index contributed by atoms with van der Waals surface area (Å²) in [7, 11) is 0. The van der Waals surface area contributed by atoms with Crippen molar-refractivity contribution in [2.75, 3.05) is 11.1 Å². The van der Waals surface area contributed by atoms with E-state index >= 15 is 0 Å². The Hall–Kier alpha value is -1.53. The van der Waals surface area contributed by atoms with Gasteiger partial charge < -0.3 is 11.1 Å². The van der Waals surface area contributed by atoms with Gasteiger partial charge in [0.2, 0.25) is 0 Å². The van der Waals surface area contributed by atoms with Crippen LogP contribution in [0.5, 0.6) is 0 Å². The summed E-state index contributed by atoms with van der Waals surface area (Å²) in [6, 6.07) is 0.0166. The number of hydrogen-bond acceptors (Lipinski definition) is 4. The van der Waals surface area contributed by atoms with E-state index in [2.05, 4.69) is 15.3 Å². The van der Waals surface area contributed by atoms with Crippen LogP contribution in [0.4, 0.5) is 24.8 Å². The molecule has 102 valence electrons. The fourth-order valence-corrected chi connectivity index (χ4v) is 1.13. The van der Waals surface area contributed by atoms with E-state index in [0.29, 0.717) is 0 Å². The third-order valence-electron chi connectivity index (χ3n) is 2.73. The highest BCUT2D eigenvalue weighted by atomic mass is 19.4. The summed E-state index contributed by atoms with van der Waals surface area (Å²) in [6.07, 6.45) is -3.54. The Bertz CT molecular complexity index is 423. The molecule has 1 atom stereocenters.